The van der Waals surface area contributed by atoms with E-state index in [0.717, 1.165) is 10.0 Å². The van der Waals surface area contributed by atoms with Gasteiger partial charge in [0.2, 0.25) is 0 Å². The quantitative estimate of drug-likeness (QED) is 0.597. The number of carbonyl (C=O) groups is 1. The molecule has 1 aromatic carbocycles. The third kappa shape index (κ3) is 3.34. The molecule has 7 heteroatoms. The molecule has 1 aliphatic heterocycles. The van der Waals surface area contributed by atoms with Crippen LogP contribution in [0.4, 0.5) is 0 Å². The highest BCUT2D eigenvalue weighted by atomic mass is 79.9. The molecular formula is C15H11BrClNO4. The Bertz CT molecular complexity index is 705. The third-order valence-corrected chi connectivity index (χ3v) is 3.99. The number of carbonyl (C=O) groups excluding carboxylic acids is 1. The molecular weight excluding hydrogens is 374 g/mol. The van der Waals surface area contributed by atoms with E-state index in [0.29, 0.717) is 35.4 Å². The van der Waals surface area contributed by atoms with Gasteiger partial charge in [0.15, 0.2) is 11.5 Å². The van der Waals surface area contributed by atoms with Crippen molar-refractivity contribution in [1.29, 1.82) is 0 Å². The number of esters is 1. The van der Waals surface area contributed by atoms with Crippen LogP contribution < -0.4 is 9.47 Å². The number of benzene rings is 1. The van der Waals surface area contributed by atoms with Crippen LogP contribution in [0.2, 0.25) is 5.15 Å². The fourth-order valence-electron chi connectivity index (χ4n) is 1.94. The number of hydrogen-bond donors (Lipinski definition) is 0. The van der Waals surface area contributed by atoms with Crippen molar-refractivity contribution in [2.45, 2.75) is 6.61 Å². The second kappa shape index (κ2) is 6.54. The van der Waals surface area contributed by atoms with E-state index in [-0.39, 0.29) is 6.61 Å². The predicted octanol–water partition coefficient (Wildman–Crippen LogP) is 3.63. The van der Waals surface area contributed by atoms with Crippen molar-refractivity contribution in [3.8, 4) is 11.5 Å². The van der Waals surface area contributed by atoms with Gasteiger partial charge in [0.1, 0.15) is 25.0 Å². The van der Waals surface area contributed by atoms with Gasteiger partial charge in [0, 0.05) is 16.2 Å². The van der Waals surface area contributed by atoms with Crippen LogP contribution in [0.3, 0.4) is 0 Å². The Balaban J connectivity index is 1.71. The number of aromatic nitrogens is 1. The number of rotatable bonds is 3. The van der Waals surface area contributed by atoms with E-state index in [2.05, 4.69) is 20.9 Å². The van der Waals surface area contributed by atoms with E-state index in [1.807, 2.05) is 6.07 Å². The topological polar surface area (TPSA) is 57.7 Å². The number of halogens is 2. The van der Waals surface area contributed by atoms with Crippen LogP contribution in [0.15, 0.2) is 34.9 Å². The summed E-state index contributed by atoms with van der Waals surface area (Å²) in [5, 5.41) is 0.325. The zero-order valence-electron chi connectivity index (χ0n) is 11.3. The molecule has 0 amide bonds. The van der Waals surface area contributed by atoms with E-state index in [1.165, 1.54) is 12.3 Å². The minimum absolute atomic E-state index is 0.110. The Hall–Kier alpha value is -1.79. The maximum Gasteiger partial charge on any atom is 0.340 e. The molecule has 0 unspecified atom stereocenters. The molecule has 0 fully saturated rings. The van der Waals surface area contributed by atoms with Crippen LogP contribution in [0.25, 0.3) is 0 Å². The lowest BCUT2D eigenvalue weighted by Crippen LogP contribution is -2.15. The molecule has 0 saturated carbocycles. The van der Waals surface area contributed by atoms with Gasteiger partial charge in [-0.2, -0.15) is 0 Å². The molecule has 2 aromatic rings. The van der Waals surface area contributed by atoms with Crippen LogP contribution in [0.1, 0.15) is 15.9 Å². The lowest BCUT2D eigenvalue weighted by molar-refractivity contribution is 0.0470. The SMILES string of the molecule is O=C(OCc1cc2c(cc1Br)OCCO2)c1ccc(Cl)nc1. The molecule has 1 aromatic heterocycles. The summed E-state index contributed by atoms with van der Waals surface area (Å²) in [6.07, 6.45) is 1.38. The molecule has 1 aliphatic rings. The first-order valence-electron chi connectivity index (χ1n) is 6.50. The summed E-state index contributed by atoms with van der Waals surface area (Å²) in [6, 6.07) is 6.71. The van der Waals surface area contributed by atoms with Crippen molar-refractivity contribution in [3.63, 3.8) is 0 Å². The first kappa shape index (κ1) is 15.1. The van der Waals surface area contributed by atoms with Gasteiger partial charge >= 0.3 is 5.97 Å². The zero-order valence-corrected chi connectivity index (χ0v) is 13.7. The van der Waals surface area contributed by atoms with Crippen LogP contribution in [-0.4, -0.2) is 24.2 Å². The zero-order chi connectivity index (χ0) is 15.5. The number of ether oxygens (including phenoxy) is 3. The van der Waals surface area contributed by atoms with Crippen LogP contribution in [0.5, 0.6) is 11.5 Å². The summed E-state index contributed by atoms with van der Waals surface area (Å²) in [4.78, 5) is 15.8. The maximum atomic E-state index is 12.0. The Morgan fingerprint density at radius 2 is 2.00 bits per heavy atom. The highest BCUT2D eigenvalue weighted by Crippen LogP contribution is 2.35. The number of nitrogens with zero attached hydrogens (tertiary/aromatic N) is 1. The highest BCUT2D eigenvalue weighted by Gasteiger charge is 2.16. The Morgan fingerprint density at radius 3 is 2.68 bits per heavy atom. The first-order chi connectivity index (χ1) is 10.6. The molecule has 2 heterocycles. The van der Waals surface area contributed by atoms with E-state index < -0.39 is 5.97 Å². The van der Waals surface area contributed by atoms with Crippen LogP contribution >= 0.6 is 27.5 Å². The van der Waals surface area contributed by atoms with Gasteiger partial charge in [-0.05, 0) is 24.3 Å². The summed E-state index contributed by atoms with van der Waals surface area (Å²) >= 11 is 9.12. The summed E-state index contributed by atoms with van der Waals surface area (Å²) in [5.41, 5.74) is 1.14. The number of pyridine rings is 1. The van der Waals surface area contributed by atoms with Crippen molar-refractivity contribution in [1.82, 2.24) is 4.98 Å². The van der Waals surface area contributed by atoms with E-state index in [1.54, 1.807) is 12.1 Å². The van der Waals surface area contributed by atoms with Crippen molar-refractivity contribution in [3.05, 3.63) is 51.2 Å². The highest BCUT2D eigenvalue weighted by molar-refractivity contribution is 9.10. The number of fused-ring (bicyclic) bond motifs is 1. The van der Waals surface area contributed by atoms with Gasteiger partial charge in [-0.3, -0.25) is 0 Å². The van der Waals surface area contributed by atoms with Gasteiger partial charge in [-0.15, -0.1) is 0 Å². The Kier molecular flexibility index (Phi) is 4.49. The van der Waals surface area contributed by atoms with E-state index >= 15 is 0 Å². The largest absolute Gasteiger partial charge is 0.486 e. The summed E-state index contributed by atoms with van der Waals surface area (Å²) in [7, 11) is 0. The third-order valence-electron chi connectivity index (χ3n) is 3.03. The Morgan fingerprint density at radius 1 is 1.27 bits per heavy atom. The molecule has 5 nitrogen and oxygen atoms in total. The van der Waals surface area contributed by atoms with Gasteiger partial charge in [-0.1, -0.05) is 27.5 Å². The second-order valence-corrected chi connectivity index (χ2v) is 5.77. The maximum absolute atomic E-state index is 12.0. The Labute approximate surface area is 140 Å². The normalized spacial score (nSPS) is 12.8. The lowest BCUT2D eigenvalue weighted by atomic mass is 10.2. The van der Waals surface area contributed by atoms with Crippen molar-refractivity contribution < 1.29 is 19.0 Å². The number of hydrogen-bond acceptors (Lipinski definition) is 5. The van der Waals surface area contributed by atoms with Gasteiger partial charge in [-0.25, -0.2) is 9.78 Å². The molecule has 3 rings (SSSR count). The average molecular weight is 385 g/mol. The molecule has 0 radical (unpaired) electrons. The summed E-state index contributed by atoms with van der Waals surface area (Å²) < 4.78 is 17.1. The van der Waals surface area contributed by atoms with E-state index in [9.17, 15) is 4.79 Å². The molecule has 0 N–H and O–H groups in total. The lowest BCUT2D eigenvalue weighted by Gasteiger charge is -2.19. The summed E-state index contributed by atoms with van der Waals surface area (Å²) in [5.74, 6) is 0.856. The molecule has 114 valence electrons. The minimum Gasteiger partial charge on any atom is -0.486 e. The molecule has 0 bridgehead atoms. The standard InChI is InChI=1S/C15H11BrClNO4/c16-11-6-13-12(20-3-4-21-13)5-10(11)8-22-15(19)9-1-2-14(17)18-7-9/h1-2,5-7H,3-4,8H2. The van der Waals surface area contributed by atoms with Gasteiger partial charge in [0.25, 0.3) is 0 Å². The molecule has 0 atom stereocenters. The first-order valence-corrected chi connectivity index (χ1v) is 7.67. The molecule has 22 heavy (non-hydrogen) atoms. The summed E-state index contributed by atoms with van der Waals surface area (Å²) in [6.45, 7) is 1.14. The molecule has 0 saturated heterocycles. The average Bonchev–Trinajstić information content (AvgIpc) is 2.53. The smallest absolute Gasteiger partial charge is 0.340 e. The van der Waals surface area contributed by atoms with Crippen LogP contribution in [-0.2, 0) is 11.3 Å². The van der Waals surface area contributed by atoms with E-state index in [4.69, 9.17) is 25.8 Å². The fraction of sp³-hybridized carbons (Fsp3) is 0.200. The van der Waals surface area contributed by atoms with Gasteiger partial charge in [0.05, 0.1) is 5.56 Å². The second-order valence-electron chi connectivity index (χ2n) is 4.53. The molecule has 0 spiro atoms. The predicted molar refractivity (Wildman–Crippen MR) is 83.5 cm³/mol. The van der Waals surface area contributed by atoms with Crippen molar-refractivity contribution >= 4 is 33.5 Å². The minimum atomic E-state index is -0.467. The van der Waals surface area contributed by atoms with Crippen molar-refractivity contribution in [2.24, 2.45) is 0 Å². The fourth-order valence-corrected chi connectivity index (χ4v) is 2.49. The van der Waals surface area contributed by atoms with Crippen molar-refractivity contribution in [2.75, 3.05) is 13.2 Å². The monoisotopic (exact) mass is 383 g/mol. The molecule has 0 aliphatic carbocycles. The van der Waals surface area contributed by atoms with Crippen LogP contribution in [0, 0.1) is 0 Å². The van der Waals surface area contributed by atoms with Gasteiger partial charge < -0.3 is 14.2 Å².